The molecule has 0 aliphatic carbocycles. The fraction of sp³-hybridized carbons (Fsp3) is 0.615. The van der Waals surface area contributed by atoms with E-state index in [0.29, 0.717) is 42.4 Å². The van der Waals surface area contributed by atoms with Crippen molar-refractivity contribution in [2.45, 2.75) is 37.3 Å². The van der Waals surface area contributed by atoms with Gasteiger partial charge in [0, 0.05) is 10.6 Å². The first-order chi connectivity index (χ1) is 10.6. The Kier molecular flexibility index (Phi) is 9.17. The molecule has 0 aliphatic rings. The molecule has 9 heteroatoms. The lowest BCUT2D eigenvalue weighted by Gasteiger charge is -2.04. The van der Waals surface area contributed by atoms with Crippen LogP contribution in [0.5, 0.6) is 0 Å². The van der Waals surface area contributed by atoms with Gasteiger partial charge in [0.15, 0.2) is 0 Å². The van der Waals surface area contributed by atoms with Gasteiger partial charge in [-0.15, -0.1) is 16.9 Å². The Balaban J connectivity index is 2.45. The standard InChI is InChI=1S/C13H18N2O4S3/c1-3-18-10(16)6-5-9(20)12-13(22-15-14-12)21-8-7-11(17)19-4-2/h3-8H2,1-2H3. The highest BCUT2D eigenvalue weighted by molar-refractivity contribution is 8.01. The van der Waals surface area contributed by atoms with Crippen molar-refractivity contribution in [2.24, 2.45) is 0 Å². The highest BCUT2D eigenvalue weighted by atomic mass is 32.2. The summed E-state index contributed by atoms with van der Waals surface area (Å²) in [6.45, 7) is 4.28. The largest absolute Gasteiger partial charge is 0.466 e. The van der Waals surface area contributed by atoms with Crippen LogP contribution in [-0.2, 0) is 19.1 Å². The summed E-state index contributed by atoms with van der Waals surface area (Å²) in [7, 11) is 0. The van der Waals surface area contributed by atoms with Crippen LogP contribution in [0.15, 0.2) is 4.21 Å². The number of esters is 2. The molecule has 0 aromatic carbocycles. The lowest BCUT2D eigenvalue weighted by Crippen LogP contribution is -2.08. The lowest BCUT2D eigenvalue weighted by atomic mass is 10.2. The van der Waals surface area contributed by atoms with E-state index in [0.717, 1.165) is 4.21 Å². The quantitative estimate of drug-likeness (QED) is 0.272. The summed E-state index contributed by atoms with van der Waals surface area (Å²) in [5, 5.41) is 4.01. The molecule has 0 bridgehead atoms. The molecule has 0 fully saturated rings. The van der Waals surface area contributed by atoms with Crippen LogP contribution >= 0.6 is 35.5 Å². The summed E-state index contributed by atoms with van der Waals surface area (Å²) < 4.78 is 14.5. The number of carbonyl (C=O) groups excluding carboxylic acids is 2. The zero-order valence-electron chi connectivity index (χ0n) is 12.5. The Morgan fingerprint density at radius 3 is 2.41 bits per heavy atom. The summed E-state index contributed by atoms with van der Waals surface area (Å²) in [5.41, 5.74) is 0.623. The maximum atomic E-state index is 11.3. The number of nitrogens with zero attached hydrogens (tertiary/aromatic N) is 2. The van der Waals surface area contributed by atoms with E-state index >= 15 is 0 Å². The average molecular weight is 362 g/mol. The fourth-order valence-electron chi connectivity index (χ4n) is 1.47. The molecule has 0 saturated heterocycles. The lowest BCUT2D eigenvalue weighted by molar-refractivity contribution is -0.143. The second kappa shape index (κ2) is 10.6. The maximum Gasteiger partial charge on any atom is 0.306 e. The number of ether oxygens (including phenoxy) is 2. The van der Waals surface area contributed by atoms with E-state index < -0.39 is 0 Å². The molecule has 0 spiro atoms. The number of thiocarbonyl (C=S) groups is 1. The molecule has 0 radical (unpaired) electrons. The van der Waals surface area contributed by atoms with Crippen LogP contribution in [-0.4, -0.2) is 45.4 Å². The summed E-state index contributed by atoms with van der Waals surface area (Å²) in [4.78, 5) is 23.2. The molecule has 0 aliphatic heterocycles. The normalized spacial score (nSPS) is 10.3. The van der Waals surface area contributed by atoms with Crippen molar-refractivity contribution in [3.63, 3.8) is 0 Å². The van der Waals surface area contributed by atoms with E-state index in [1.165, 1.54) is 23.3 Å². The van der Waals surface area contributed by atoms with Crippen molar-refractivity contribution in [3.8, 4) is 0 Å². The van der Waals surface area contributed by atoms with Crippen LogP contribution < -0.4 is 0 Å². The number of aromatic nitrogens is 2. The van der Waals surface area contributed by atoms with Gasteiger partial charge in [0.2, 0.25) is 0 Å². The van der Waals surface area contributed by atoms with Gasteiger partial charge in [0.1, 0.15) is 9.90 Å². The van der Waals surface area contributed by atoms with Crippen LogP contribution in [0.3, 0.4) is 0 Å². The van der Waals surface area contributed by atoms with Crippen molar-refractivity contribution in [3.05, 3.63) is 5.69 Å². The summed E-state index contributed by atoms with van der Waals surface area (Å²) in [5.74, 6) is 0.0828. The Labute approximate surface area is 143 Å². The number of carbonyl (C=O) groups is 2. The average Bonchev–Trinajstić information content (AvgIpc) is 2.94. The molecule has 22 heavy (non-hydrogen) atoms. The van der Waals surface area contributed by atoms with Gasteiger partial charge in [-0.2, -0.15) is 0 Å². The second-order valence-corrected chi connectivity index (χ2v) is 6.65. The molecule has 0 saturated carbocycles. The first-order valence-electron chi connectivity index (χ1n) is 6.88. The predicted octanol–water partition coefficient (Wildman–Crippen LogP) is 2.64. The third-order valence-electron chi connectivity index (χ3n) is 2.43. The van der Waals surface area contributed by atoms with Crippen molar-refractivity contribution in [1.29, 1.82) is 0 Å². The van der Waals surface area contributed by atoms with Gasteiger partial charge in [-0.05, 0) is 31.8 Å². The minimum Gasteiger partial charge on any atom is -0.466 e. The summed E-state index contributed by atoms with van der Waals surface area (Å²) >= 11 is 8.00. The fourth-order valence-corrected chi connectivity index (χ4v) is 3.61. The molecule has 1 heterocycles. The third-order valence-corrected chi connectivity index (χ3v) is 4.79. The molecule has 0 unspecified atom stereocenters. The molecule has 0 N–H and O–H groups in total. The van der Waals surface area contributed by atoms with Crippen LogP contribution in [0, 0.1) is 0 Å². The Hall–Kier alpha value is -1.06. The highest BCUT2D eigenvalue weighted by Crippen LogP contribution is 2.27. The SMILES string of the molecule is CCOC(=O)CCSc1snnc1C(=S)CCC(=O)OCC. The van der Waals surface area contributed by atoms with Gasteiger partial charge in [-0.1, -0.05) is 16.7 Å². The van der Waals surface area contributed by atoms with E-state index in [4.69, 9.17) is 21.7 Å². The van der Waals surface area contributed by atoms with E-state index in [2.05, 4.69) is 9.59 Å². The Morgan fingerprint density at radius 2 is 1.77 bits per heavy atom. The van der Waals surface area contributed by atoms with E-state index in [1.807, 2.05) is 0 Å². The van der Waals surface area contributed by atoms with Crippen molar-refractivity contribution < 1.29 is 19.1 Å². The van der Waals surface area contributed by atoms with Crippen LogP contribution in [0.2, 0.25) is 0 Å². The van der Waals surface area contributed by atoms with E-state index in [1.54, 1.807) is 13.8 Å². The number of thioether (sulfide) groups is 1. The Bertz CT molecular complexity index is 519. The topological polar surface area (TPSA) is 78.4 Å². The predicted molar refractivity (Wildman–Crippen MR) is 89.5 cm³/mol. The van der Waals surface area contributed by atoms with Gasteiger partial charge in [0.05, 0.1) is 26.1 Å². The minimum absolute atomic E-state index is 0.223. The molecule has 1 aromatic rings. The van der Waals surface area contributed by atoms with Gasteiger partial charge in [-0.25, -0.2) is 0 Å². The Morgan fingerprint density at radius 1 is 1.14 bits per heavy atom. The van der Waals surface area contributed by atoms with Crippen molar-refractivity contribution in [1.82, 2.24) is 9.59 Å². The first kappa shape index (κ1) is 19.0. The number of hydrogen-bond acceptors (Lipinski definition) is 9. The molecule has 0 amide bonds. The molecular formula is C13H18N2O4S3. The summed E-state index contributed by atoms with van der Waals surface area (Å²) in [6.07, 6.45) is 0.966. The summed E-state index contributed by atoms with van der Waals surface area (Å²) in [6, 6.07) is 0. The van der Waals surface area contributed by atoms with Gasteiger partial charge >= 0.3 is 11.9 Å². The monoisotopic (exact) mass is 362 g/mol. The third kappa shape index (κ3) is 6.80. The van der Waals surface area contributed by atoms with Crippen LogP contribution in [0.1, 0.15) is 38.8 Å². The van der Waals surface area contributed by atoms with Crippen molar-refractivity contribution in [2.75, 3.05) is 19.0 Å². The van der Waals surface area contributed by atoms with Gasteiger partial charge in [-0.3, -0.25) is 9.59 Å². The zero-order chi connectivity index (χ0) is 16.4. The van der Waals surface area contributed by atoms with E-state index in [-0.39, 0.29) is 18.4 Å². The van der Waals surface area contributed by atoms with E-state index in [9.17, 15) is 9.59 Å². The zero-order valence-corrected chi connectivity index (χ0v) is 14.9. The molecule has 6 nitrogen and oxygen atoms in total. The molecule has 1 aromatic heterocycles. The number of rotatable bonds is 10. The highest BCUT2D eigenvalue weighted by Gasteiger charge is 2.15. The molecule has 0 atom stereocenters. The second-order valence-electron chi connectivity index (χ2n) is 4.04. The van der Waals surface area contributed by atoms with Crippen LogP contribution in [0.25, 0.3) is 0 Å². The minimum atomic E-state index is -0.274. The van der Waals surface area contributed by atoms with Crippen molar-refractivity contribution >= 4 is 52.3 Å². The molecular weight excluding hydrogens is 344 g/mol. The maximum absolute atomic E-state index is 11.3. The van der Waals surface area contributed by atoms with Gasteiger partial charge < -0.3 is 9.47 Å². The molecule has 122 valence electrons. The van der Waals surface area contributed by atoms with Crippen LogP contribution in [0.4, 0.5) is 0 Å². The first-order valence-corrected chi connectivity index (χ1v) is 9.04. The smallest absolute Gasteiger partial charge is 0.306 e. The number of hydrogen-bond donors (Lipinski definition) is 0. The molecule has 1 rings (SSSR count). The van der Waals surface area contributed by atoms with Gasteiger partial charge in [0.25, 0.3) is 0 Å².